The molecule has 2 fully saturated rings. The number of aryl methyl sites for hydroxylation is 1. The first-order valence-electron chi connectivity index (χ1n) is 8.90. The minimum absolute atomic E-state index is 0.0186. The molecule has 1 spiro atoms. The van der Waals surface area contributed by atoms with E-state index in [1.807, 2.05) is 25.1 Å². The molecular weight excluding hydrogens is 320 g/mol. The fourth-order valence-corrected chi connectivity index (χ4v) is 3.92. The highest BCUT2D eigenvalue weighted by atomic mass is 16.5. The molecule has 0 bridgehead atoms. The molecule has 1 aromatic carbocycles. The van der Waals surface area contributed by atoms with E-state index in [-0.39, 0.29) is 17.6 Å². The second kappa shape index (κ2) is 7.72. The smallest absolute Gasteiger partial charge is 0.238 e. The third-order valence-electron chi connectivity index (χ3n) is 5.28. The van der Waals surface area contributed by atoms with E-state index in [9.17, 15) is 4.79 Å². The number of hydrogen-bond acceptors (Lipinski definition) is 5. The zero-order chi connectivity index (χ0) is 17.9. The fourth-order valence-electron chi connectivity index (χ4n) is 3.92. The zero-order valence-corrected chi connectivity index (χ0v) is 15.3. The van der Waals surface area contributed by atoms with Crippen LogP contribution >= 0.6 is 0 Å². The van der Waals surface area contributed by atoms with Crippen LogP contribution in [0.5, 0.6) is 5.75 Å². The van der Waals surface area contributed by atoms with Crippen molar-refractivity contribution in [3.05, 3.63) is 23.8 Å². The highest BCUT2D eigenvalue weighted by molar-refractivity contribution is 5.93. The lowest BCUT2D eigenvalue weighted by Crippen LogP contribution is -2.57. The number of rotatable bonds is 5. The van der Waals surface area contributed by atoms with E-state index in [0.717, 1.165) is 44.5 Å². The Hall–Kier alpha value is -1.63. The Kier molecular flexibility index (Phi) is 5.61. The van der Waals surface area contributed by atoms with Gasteiger partial charge in [0.05, 0.1) is 31.0 Å². The first-order valence-corrected chi connectivity index (χ1v) is 8.90. The summed E-state index contributed by atoms with van der Waals surface area (Å²) in [6.45, 7) is 4.71. The number of ether oxygens (including phenoxy) is 3. The SMILES string of the molecule is COc1ccc(C)cc1NC(=O)CN1CC[C@]2(CCCO2)[C@@H](OC)C1. The van der Waals surface area contributed by atoms with E-state index in [1.165, 1.54) is 0 Å². The van der Waals surface area contributed by atoms with Gasteiger partial charge in [0, 0.05) is 26.8 Å². The fraction of sp³-hybridized carbons (Fsp3) is 0.632. The molecule has 0 saturated carbocycles. The number of nitrogens with one attached hydrogen (secondary N) is 1. The highest BCUT2D eigenvalue weighted by Gasteiger charge is 2.46. The van der Waals surface area contributed by atoms with Crippen molar-refractivity contribution in [2.45, 2.75) is 37.9 Å². The van der Waals surface area contributed by atoms with Crippen LogP contribution in [0, 0.1) is 6.92 Å². The largest absolute Gasteiger partial charge is 0.495 e. The Bertz CT molecular complexity index is 613. The lowest BCUT2D eigenvalue weighted by Gasteiger charge is -2.44. The van der Waals surface area contributed by atoms with Gasteiger partial charge in [0.15, 0.2) is 0 Å². The molecular formula is C19H28N2O4. The summed E-state index contributed by atoms with van der Waals surface area (Å²) in [6, 6.07) is 5.75. The van der Waals surface area contributed by atoms with Crippen LogP contribution in [-0.2, 0) is 14.3 Å². The summed E-state index contributed by atoms with van der Waals surface area (Å²) < 4.78 is 17.0. The standard InChI is InChI=1S/C19H28N2O4/c1-14-5-6-16(23-2)15(11-14)20-18(22)13-21-9-8-19(7-4-10-25-19)17(12-21)24-3/h5-6,11,17H,4,7-10,12-13H2,1-3H3,(H,20,22)/t17-,19+/m0/s1. The second-order valence-electron chi connectivity index (χ2n) is 6.98. The van der Waals surface area contributed by atoms with Gasteiger partial charge in [-0.05, 0) is 43.9 Å². The molecule has 2 atom stereocenters. The van der Waals surface area contributed by atoms with E-state index in [4.69, 9.17) is 14.2 Å². The van der Waals surface area contributed by atoms with Gasteiger partial charge < -0.3 is 19.5 Å². The van der Waals surface area contributed by atoms with Crippen LogP contribution in [0.2, 0.25) is 0 Å². The van der Waals surface area contributed by atoms with Gasteiger partial charge in [-0.3, -0.25) is 9.69 Å². The molecule has 1 amide bonds. The third kappa shape index (κ3) is 3.97. The number of nitrogens with zero attached hydrogens (tertiary/aromatic N) is 1. The monoisotopic (exact) mass is 348 g/mol. The van der Waals surface area contributed by atoms with Gasteiger partial charge in [-0.25, -0.2) is 0 Å². The van der Waals surface area contributed by atoms with Crippen LogP contribution in [0.15, 0.2) is 18.2 Å². The molecule has 0 aromatic heterocycles. The highest BCUT2D eigenvalue weighted by Crippen LogP contribution is 2.37. The predicted molar refractivity (Wildman–Crippen MR) is 96.1 cm³/mol. The maximum absolute atomic E-state index is 12.5. The van der Waals surface area contributed by atoms with Crippen molar-refractivity contribution in [2.24, 2.45) is 0 Å². The number of hydrogen-bond donors (Lipinski definition) is 1. The molecule has 2 aliphatic rings. The topological polar surface area (TPSA) is 60.0 Å². The number of carbonyl (C=O) groups is 1. The van der Waals surface area contributed by atoms with Crippen LogP contribution < -0.4 is 10.1 Å². The lowest BCUT2D eigenvalue weighted by atomic mass is 9.86. The van der Waals surface area contributed by atoms with E-state index >= 15 is 0 Å². The van der Waals surface area contributed by atoms with E-state index < -0.39 is 0 Å². The molecule has 1 aromatic rings. The van der Waals surface area contributed by atoms with Crippen LogP contribution in [0.3, 0.4) is 0 Å². The minimum Gasteiger partial charge on any atom is -0.495 e. The van der Waals surface area contributed by atoms with Crippen molar-refractivity contribution in [3.63, 3.8) is 0 Å². The Morgan fingerprint density at radius 1 is 1.40 bits per heavy atom. The summed E-state index contributed by atoms with van der Waals surface area (Å²) in [7, 11) is 3.34. The Labute approximate surface area is 149 Å². The molecule has 3 rings (SSSR count). The van der Waals surface area contributed by atoms with Crippen molar-refractivity contribution in [1.29, 1.82) is 0 Å². The van der Waals surface area contributed by atoms with Gasteiger partial charge in [0.1, 0.15) is 5.75 Å². The molecule has 2 aliphatic heterocycles. The number of anilines is 1. The minimum atomic E-state index is -0.151. The summed E-state index contributed by atoms with van der Waals surface area (Å²) in [4.78, 5) is 14.6. The van der Waals surface area contributed by atoms with Crippen LogP contribution in [0.4, 0.5) is 5.69 Å². The average molecular weight is 348 g/mol. The second-order valence-corrected chi connectivity index (χ2v) is 6.98. The number of amides is 1. The van der Waals surface area contributed by atoms with Crippen LogP contribution in [-0.4, -0.2) is 63.0 Å². The molecule has 6 heteroatoms. The summed E-state index contributed by atoms with van der Waals surface area (Å²) in [6.07, 6.45) is 3.07. The number of benzene rings is 1. The summed E-state index contributed by atoms with van der Waals surface area (Å²) >= 11 is 0. The average Bonchev–Trinajstić information content (AvgIpc) is 3.06. The van der Waals surface area contributed by atoms with Gasteiger partial charge in [-0.2, -0.15) is 0 Å². The Morgan fingerprint density at radius 3 is 2.92 bits per heavy atom. The first kappa shape index (κ1) is 18.2. The maximum atomic E-state index is 12.5. The van der Waals surface area contributed by atoms with Crippen LogP contribution in [0.1, 0.15) is 24.8 Å². The lowest BCUT2D eigenvalue weighted by molar-refractivity contribution is -0.145. The molecule has 25 heavy (non-hydrogen) atoms. The van der Waals surface area contributed by atoms with Gasteiger partial charge >= 0.3 is 0 Å². The number of carbonyl (C=O) groups excluding carboxylic acids is 1. The first-order chi connectivity index (χ1) is 12.1. The third-order valence-corrected chi connectivity index (χ3v) is 5.28. The molecule has 6 nitrogen and oxygen atoms in total. The van der Waals surface area contributed by atoms with Crippen molar-refractivity contribution in [2.75, 3.05) is 45.8 Å². The molecule has 2 heterocycles. The van der Waals surface area contributed by atoms with Gasteiger partial charge in [-0.15, -0.1) is 0 Å². The van der Waals surface area contributed by atoms with E-state index in [0.29, 0.717) is 18.0 Å². The summed E-state index contributed by atoms with van der Waals surface area (Å²) in [5.41, 5.74) is 1.64. The zero-order valence-electron chi connectivity index (χ0n) is 15.3. The van der Waals surface area contributed by atoms with Crippen molar-refractivity contribution >= 4 is 11.6 Å². The quantitative estimate of drug-likeness (QED) is 0.884. The molecule has 0 radical (unpaired) electrons. The molecule has 138 valence electrons. The van der Waals surface area contributed by atoms with Crippen molar-refractivity contribution < 1.29 is 19.0 Å². The summed E-state index contributed by atoms with van der Waals surface area (Å²) in [5, 5.41) is 2.97. The molecule has 0 aliphatic carbocycles. The molecule has 2 saturated heterocycles. The number of methoxy groups -OCH3 is 2. The van der Waals surface area contributed by atoms with E-state index in [1.54, 1.807) is 14.2 Å². The molecule has 0 unspecified atom stereocenters. The number of piperidine rings is 1. The Balaban J connectivity index is 1.59. The van der Waals surface area contributed by atoms with Gasteiger partial charge in [0.25, 0.3) is 0 Å². The van der Waals surface area contributed by atoms with Crippen LogP contribution in [0.25, 0.3) is 0 Å². The normalized spacial score (nSPS) is 26.8. The van der Waals surface area contributed by atoms with Crippen molar-refractivity contribution in [1.82, 2.24) is 4.90 Å². The molecule has 1 N–H and O–H groups in total. The van der Waals surface area contributed by atoms with Crippen molar-refractivity contribution in [3.8, 4) is 5.75 Å². The van der Waals surface area contributed by atoms with Gasteiger partial charge in [-0.1, -0.05) is 6.07 Å². The summed E-state index contributed by atoms with van der Waals surface area (Å²) in [5.74, 6) is 0.632. The Morgan fingerprint density at radius 2 is 2.24 bits per heavy atom. The van der Waals surface area contributed by atoms with Gasteiger partial charge in [0.2, 0.25) is 5.91 Å². The number of likely N-dealkylation sites (tertiary alicyclic amines) is 1. The van der Waals surface area contributed by atoms with E-state index in [2.05, 4.69) is 10.2 Å². The predicted octanol–water partition coefficient (Wildman–Crippen LogP) is 2.21. The maximum Gasteiger partial charge on any atom is 0.238 e.